The molecule has 0 aliphatic heterocycles. The monoisotopic (exact) mass is 480 g/mol. The zero-order valence-electron chi connectivity index (χ0n) is 19.6. The number of hydrazine groups is 1. The van der Waals surface area contributed by atoms with Crippen LogP contribution >= 0.6 is 0 Å². The first-order valence-corrected chi connectivity index (χ1v) is 11.8. The Kier molecular flexibility index (Phi) is 6.71. The maximum Gasteiger partial charge on any atom is 0.242 e. The highest BCUT2D eigenvalue weighted by atomic mass is 19.1. The van der Waals surface area contributed by atoms with Crippen LogP contribution < -0.4 is 10.9 Å². The van der Waals surface area contributed by atoms with E-state index in [2.05, 4.69) is 15.8 Å². The van der Waals surface area contributed by atoms with Crippen LogP contribution in [0.3, 0.4) is 0 Å². The summed E-state index contributed by atoms with van der Waals surface area (Å²) in [5, 5.41) is 1.81. The summed E-state index contributed by atoms with van der Waals surface area (Å²) in [7, 11) is 0. The second-order valence-corrected chi connectivity index (χ2v) is 8.67. The van der Waals surface area contributed by atoms with Gasteiger partial charge in [-0.15, -0.1) is 0 Å². The summed E-state index contributed by atoms with van der Waals surface area (Å²) in [5.41, 5.74) is 9.98. The molecule has 0 aliphatic carbocycles. The molecule has 5 rings (SSSR count). The van der Waals surface area contributed by atoms with E-state index in [0.29, 0.717) is 12.8 Å². The number of nitrogens with one attached hydrogen (secondary N) is 3. The zero-order valence-corrected chi connectivity index (χ0v) is 19.6. The van der Waals surface area contributed by atoms with Gasteiger partial charge in [-0.3, -0.25) is 20.4 Å². The van der Waals surface area contributed by atoms with Crippen molar-refractivity contribution >= 4 is 33.6 Å². The number of pyridine rings is 1. The van der Waals surface area contributed by atoms with Crippen molar-refractivity contribution in [2.24, 2.45) is 0 Å². The smallest absolute Gasteiger partial charge is 0.242 e. The molecule has 36 heavy (non-hydrogen) atoms. The molecule has 6 nitrogen and oxygen atoms in total. The van der Waals surface area contributed by atoms with Crippen LogP contribution in [0.25, 0.3) is 33.2 Å². The van der Waals surface area contributed by atoms with Gasteiger partial charge in [0.1, 0.15) is 5.82 Å². The number of hydrogen-bond donors (Lipinski definition) is 3. The molecule has 0 bridgehead atoms. The van der Waals surface area contributed by atoms with E-state index in [1.54, 1.807) is 6.07 Å². The third-order valence-electron chi connectivity index (χ3n) is 6.10. The fourth-order valence-electron chi connectivity index (χ4n) is 4.36. The van der Waals surface area contributed by atoms with Gasteiger partial charge in [0.15, 0.2) is 0 Å². The molecule has 0 saturated carbocycles. The predicted octanol–water partition coefficient (Wildman–Crippen LogP) is 5.24. The molecular weight excluding hydrogens is 455 g/mol. The molecule has 0 radical (unpaired) electrons. The van der Waals surface area contributed by atoms with Crippen molar-refractivity contribution in [3.05, 3.63) is 102 Å². The number of carbonyl (C=O) groups excluding carboxylic acids is 2. The lowest BCUT2D eigenvalue weighted by Gasteiger charge is -2.09. The van der Waals surface area contributed by atoms with Crippen molar-refractivity contribution in [2.45, 2.75) is 25.7 Å². The molecule has 0 fully saturated rings. The van der Waals surface area contributed by atoms with Gasteiger partial charge >= 0.3 is 0 Å². The number of rotatable bonds is 7. The van der Waals surface area contributed by atoms with Crippen LogP contribution in [-0.4, -0.2) is 21.8 Å². The molecule has 0 unspecified atom stereocenters. The molecule has 7 heteroatoms. The minimum absolute atomic E-state index is 0.185. The van der Waals surface area contributed by atoms with Crippen molar-refractivity contribution in [3.8, 4) is 11.4 Å². The van der Waals surface area contributed by atoms with Crippen molar-refractivity contribution in [1.82, 2.24) is 20.8 Å². The van der Waals surface area contributed by atoms with Crippen molar-refractivity contribution in [3.63, 3.8) is 0 Å². The topological polar surface area (TPSA) is 86.9 Å². The summed E-state index contributed by atoms with van der Waals surface area (Å²) in [4.78, 5) is 32.6. The van der Waals surface area contributed by atoms with E-state index in [1.165, 1.54) is 12.1 Å². The number of nitrogens with zero attached hydrogens (tertiary/aromatic N) is 1. The number of fused-ring (bicyclic) bond motifs is 2. The van der Waals surface area contributed by atoms with E-state index in [1.807, 2.05) is 66.7 Å². The largest absolute Gasteiger partial charge is 0.353 e. The Hall–Kier alpha value is -4.52. The van der Waals surface area contributed by atoms with Gasteiger partial charge in [-0.25, -0.2) is 9.37 Å². The summed E-state index contributed by atoms with van der Waals surface area (Å²) in [6.07, 6.45) is 1.45. The molecule has 2 aromatic heterocycles. The second-order valence-electron chi connectivity index (χ2n) is 8.67. The Balaban J connectivity index is 1.27. The van der Waals surface area contributed by atoms with E-state index in [9.17, 15) is 14.0 Å². The van der Waals surface area contributed by atoms with Crippen LogP contribution in [0.5, 0.6) is 0 Å². The van der Waals surface area contributed by atoms with Gasteiger partial charge < -0.3 is 4.98 Å². The van der Waals surface area contributed by atoms with Crippen LogP contribution in [-0.2, 0) is 22.4 Å². The standard InChI is InChI=1S/C29H25FN4O2/c30-21-14-16-25-23(18-21)22(29(32-25)26-15-13-20-9-4-5-11-24(20)31-26)10-6-12-27(35)33-34-28(36)17-19-7-2-1-3-8-19/h1-5,7-9,11,13-16,18,32H,6,10,12,17H2,(H,33,35)(H,34,36). The number of aromatic nitrogens is 2. The first kappa shape index (κ1) is 23.2. The Morgan fingerprint density at radius 1 is 0.861 bits per heavy atom. The molecule has 3 aromatic carbocycles. The van der Waals surface area contributed by atoms with Gasteiger partial charge in [0.25, 0.3) is 0 Å². The number of para-hydroxylation sites is 1. The molecule has 3 N–H and O–H groups in total. The Morgan fingerprint density at radius 3 is 2.50 bits per heavy atom. The van der Waals surface area contributed by atoms with Crippen molar-refractivity contribution < 1.29 is 14.0 Å². The number of aryl methyl sites for hydroxylation is 1. The Bertz CT molecular complexity index is 1550. The van der Waals surface area contributed by atoms with Crippen molar-refractivity contribution in [2.75, 3.05) is 0 Å². The number of H-pyrrole nitrogens is 1. The van der Waals surface area contributed by atoms with Gasteiger partial charge in [-0.05, 0) is 54.3 Å². The summed E-state index contributed by atoms with van der Waals surface area (Å²) < 4.78 is 14.1. The molecule has 2 heterocycles. The predicted molar refractivity (Wildman–Crippen MR) is 138 cm³/mol. The fourth-order valence-corrected chi connectivity index (χ4v) is 4.36. The van der Waals surface area contributed by atoms with E-state index in [0.717, 1.165) is 44.3 Å². The third kappa shape index (κ3) is 5.25. The fraction of sp³-hybridized carbons (Fsp3) is 0.138. The van der Waals surface area contributed by atoms with Gasteiger partial charge in [0.05, 0.1) is 23.3 Å². The van der Waals surface area contributed by atoms with Gasteiger partial charge in [-0.1, -0.05) is 54.6 Å². The van der Waals surface area contributed by atoms with Crippen LogP contribution in [0.1, 0.15) is 24.0 Å². The molecule has 5 aromatic rings. The lowest BCUT2D eigenvalue weighted by atomic mass is 10.0. The lowest BCUT2D eigenvalue weighted by molar-refractivity contribution is -0.128. The van der Waals surface area contributed by atoms with E-state index < -0.39 is 0 Å². The Labute approximate surface area is 207 Å². The molecular formula is C29H25FN4O2. The first-order valence-electron chi connectivity index (χ1n) is 11.8. The third-order valence-corrected chi connectivity index (χ3v) is 6.10. The van der Waals surface area contributed by atoms with Gasteiger partial charge in [-0.2, -0.15) is 0 Å². The average molecular weight is 481 g/mol. The van der Waals surface area contributed by atoms with Crippen LogP contribution in [0, 0.1) is 5.82 Å². The summed E-state index contributed by atoms with van der Waals surface area (Å²) in [6, 6.07) is 25.8. The number of amides is 2. The quantitative estimate of drug-likeness (QED) is 0.279. The summed E-state index contributed by atoms with van der Waals surface area (Å²) >= 11 is 0. The molecule has 0 saturated heterocycles. The van der Waals surface area contributed by atoms with E-state index >= 15 is 0 Å². The van der Waals surface area contributed by atoms with Crippen LogP contribution in [0.4, 0.5) is 4.39 Å². The van der Waals surface area contributed by atoms with Crippen LogP contribution in [0.15, 0.2) is 84.9 Å². The molecule has 0 atom stereocenters. The molecule has 2 amide bonds. The number of carbonyl (C=O) groups is 2. The minimum Gasteiger partial charge on any atom is -0.353 e. The Morgan fingerprint density at radius 2 is 1.64 bits per heavy atom. The first-order chi connectivity index (χ1) is 17.6. The number of hydrogen-bond acceptors (Lipinski definition) is 3. The average Bonchev–Trinajstić information content (AvgIpc) is 3.25. The maximum atomic E-state index is 14.1. The molecule has 180 valence electrons. The highest BCUT2D eigenvalue weighted by Gasteiger charge is 2.16. The summed E-state index contributed by atoms with van der Waals surface area (Å²) in [5.74, 6) is -0.890. The minimum atomic E-state index is -0.320. The SMILES string of the molecule is O=C(CCCc1c(-c2ccc3ccccc3n2)[nH]c2ccc(F)cc12)NNC(=O)Cc1ccccc1. The zero-order chi connectivity index (χ0) is 24.9. The highest BCUT2D eigenvalue weighted by molar-refractivity contribution is 5.91. The molecule has 0 spiro atoms. The van der Waals surface area contributed by atoms with E-state index in [4.69, 9.17) is 4.98 Å². The highest BCUT2D eigenvalue weighted by Crippen LogP contribution is 2.32. The van der Waals surface area contributed by atoms with Crippen molar-refractivity contribution in [1.29, 1.82) is 0 Å². The normalized spacial score (nSPS) is 11.0. The number of aromatic amines is 1. The van der Waals surface area contributed by atoms with E-state index in [-0.39, 0.29) is 30.5 Å². The van der Waals surface area contributed by atoms with Gasteiger partial charge in [0, 0.05) is 22.7 Å². The van der Waals surface area contributed by atoms with Gasteiger partial charge in [0.2, 0.25) is 11.8 Å². The summed E-state index contributed by atoms with van der Waals surface area (Å²) in [6.45, 7) is 0. The second kappa shape index (κ2) is 10.4. The maximum absolute atomic E-state index is 14.1. The lowest BCUT2D eigenvalue weighted by Crippen LogP contribution is -2.42. The van der Waals surface area contributed by atoms with Crippen LogP contribution in [0.2, 0.25) is 0 Å². The number of benzene rings is 3. The number of halogens is 1. The molecule has 0 aliphatic rings.